The number of carbonyl (C=O) groups excluding carboxylic acids is 2. The summed E-state index contributed by atoms with van der Waals surface area (Å²) >= 11 is 12.2. The molecular weight excluding hydrogens is 415 g/mol. The van der Waals surface area contributed by atoms with E-state index in [0.717, 1.165) is 11.3 Å². The van der Waals surface area contributed by atoms with E-state index in [4.69, 9.17) is 32.7 Å². The molecule has 3 rings (SSSR count). The van der Waals surface area contributed by atoms with Gasteiger partial charge in [-0.15, -0.1) is 0 Å². The van der Waals surface area contributed by atoms with Crippen LogP contribution in [0.2, 0.25) is 10.0 Å². The van der Waals surface area contributed by atoms with E-state index in [-0.39, 0.29) is 11.8 Å². The van der Waals surface area contributed by atoms with E-state index in [1.165, 1.54) is 13.2 Å². The Morgan fingerprint density at radius 3 is 2.48 bits per heavy atom. The predicted molar refractivity (Wildman–Crippen MR) is 114 cm³/mol. The second-order valence-electron chi connectivity index (χ2n) is 6.48. The number of imide groups is 1. The Kier molecular flexibility index (Phi) is 6.35. The molecule has 29 heavy (non-hydrogen) atoms. The second kappa shape index (κ2) is 8.76. The number of ether oxygens (including phenoxy) is 2. The monoisotopic (exact) mass is 434 g/mol. The molecule has 0 bridgehead atoms. The van der Waals surface area contributed by atoms with Crippen LogP contribution in [0, 0.1) is 0 Å². The van der Waals surface area contributed by atoms with E-state index in [9.17, 15) is 9.59 Å². The Balaban J connectivity index is 1.92. The lowest BCUT2D eigenvalue weighted by Gasteiger charge is -2.17. The lowest BCUT2D eigenvalue weighted by atomic mass is 10.1. The summed E-state index contributed by atoms with van der Waals surface area (Å²) in [6.45, 7) is 3.94. The van der Waals surface area contributed by atoms with Crippen LogP contribution >= 0.6 is 23.2 Å². The van der Waals surface area contributed by atoms with Crippen molar-refractivity contribution in [3.63, 3.8) is 0 Å². The summed E-state index contributed by atoms with van der Waals surface area (Å²) in [4.78, 5) is 26.1. The van der Waals surface area contributed by atoms with E-state index in [0.29, 0.717) is 32.8 Å². The molecule has 0 spiro atoms. The van der Waals surface area contributed by atoms with Gasteiger partial charge in [0.05, 0.1) is 23.9 Å². The van der Waals surface area contributed by atoms with Crippen molar-refractivity contribution >= 4 is 46.9 Å². The van der Waals surface area contributed by atoms with Crippen LogP contribution < -0.4 is 19.7 Å². The van der Waals surface area contributed by atoms with Crippen molar-refractivity contribution in [2.75, 3.05) is 12.0 Å². The number of urea groups is 1. The van der Waals surface area contributed by atoms with E-state index in [2.05, 4.69) is 5.32 Å². The summed E-state index contributed by atoms with van der Waals surface area (Å²) in [6, 6.07) is 9.23. The summed E-state index contributed by atoms with van der Waals surface area (Å²) in [5.74, 6) is 0.401. The molecule has 152 valence electrons. The third kappa shape index (κ3) is 4.49. The third-order valence-corrected chi connectivity index (χ3v) is 4.95. The smallest absolute Gasteiger partial charge is 0.333 e. The first-order valence-electron chi connectivity index (χ1n) is 9.01. The quantitative estimate of drug-likeness (QED) is 0.496. The number of carbonyl (C=O) groups is 2. The second-order valence-corrected chi connectivity index (χ2v) is 7.32. The standard InChI is InChI=1S/C21H20Cl2N2O4/c1-4-12(2)29-19-16(23)9-13(11-18(19)28-3)10-17-20(26)25(21(27)24-17)15-7-5-14(22)6-8-15/h5-12H,4H2,1-3H3,(H,24,27)/b17-10+/t12-/m1/s1. The predicted octanol–water partition coefficient (Wildman–Crippen LogP) is 5.28. The number of halogens is 2. The fourth-order valence-electron chi connectivity index (χ4n) is 2.75. The maximum atomic E-state index is 12.7. The van der Waals surface area contributed by atoms with Gasteiger partial charge in [-0.05, 0) is 61.4 Å². The number of hydrogen-bond donors (Lipinski definition) is 1. The molecule has 1 saturated heterocycles. The maximum absolute atomic E-state index is 12.7. The summed E-state index contributed by atoms with van der Waals surface area (Å²) in [6.07, 6.45) is 2.32. The first-order valence-corrected chi connectivity index (χ1v) is 9.76. The molecule has 6 nitrogen and oxygen atoms in total. The number of amides is 3. The third-order valence-electron chi connectivity index (χ3n) is 4.42. The zero-order valence-corrected chi connectivity index (χ0v) is 17.7. The molecule has 0 aromatic heterocycles. The lowest BCUT2D eigenvalue weighted by Crippen LogP contribution is -2.30. The van der Waals surface area contributed by atoms with Crippen LogP contribution in [0.4, 0.5) is 10.5 Å². The maximum Gasteiger partial charge on any atom is 0.333 e. The highest BCUT2D eigenvalue weighted by Crippen LogP contribution is 2.38. The molecule has 1 aliphatic rings. The molecule has 0 unspecified atom stereocenters. The summed E-state index contributed by atoms with van der Waals surface area (Å²) in [5, 5.41) is 3.44. The molecular formula is C21H20Cl2N2O4. The van der Waals surface area contributed by atoms with Gasteiger partial charge in [-0.3, -0.25) is 4.79 Å². The van der Waals surface area contributed by atoms with Gasteiger partial charge in [-0.2, -0.15) is 0 Å². The summed E-state index contributed by atoms with van der Waals surface area (Å²) < 4.78 is 11.2. The Morgan fingerprint density at radius 1 is 1.17 bits per heavy atom. The molecule has 1 N–H and O–H groups in total. The van der Waals surface area contributed by atoms with Crippen molar-refractivity contribution in [3.8, 4) is 11.5 Å². The number of methoxy groups -OCH3 is 1. The molecule has 0 radical (unpaired) electrons. The van der Waals surface area contributed by atoms with Gasteiger partial charge in [0.1, 0.15) is 5.70 Å². The van der Waals surface area contributed by atoms with Crippen molar-refractivity contribution < 1.29 is 19.1 Å². The Morgan fingerprint density at radius 2 is 1.86 bits per heavy atom. The average Bonchev–Trinajstić information content (AvgIpc) is 2.97. The summed E-state index contributed by atoms with van der Waals surface area (Å²) in [5.41, 5.74) is 1.14. The molecule has 1 fully saturated rings. The fourth-order valence-corrected chi connectivity index (χ4v) is 3.14. The highest BCUT2D eigenvalue weighted by molar-refractivity contribution is 6.33. The van der Waals surface area contributed by atoms with Crippen LogP contribution in [-0.2, 0) is 4.79 Å². The molecule has 0 saturated carbocycles. The molecule has 1 atom stereocenters. The van der Waals surface area contributed by atoms with E-state index in [1.807, 2.05) is 13.8 Å². The van der Waals surface area contributed by atoms with Crippen molar-refractivity contribution in [3.05, 3.63) is 57.7 Å². The van der Waals surface area contributed by atoms with E-state index >= 15 is 0 Å². The number of hydrogen-bond acceptors (Lipinski definition) is 4. The molecule has 1 aliphatic heterocycles. The van der Waals surface area contributed by atoms with Gasteiger partial charge in [-0.25, -0.2) is 9.69 Å². The van der Waals surface area contributed by atoms with Crippen LogP contribution in [0.3, 0.4) is 0 Å². The topological polar surface area (TPSA) is 67.9 Å². The van der Waals surface area contributed by atoms with Gasteiger partial charge in [0.2, 0.25) is 0 Å². The first-order chi connectivity index (χ1) is 13.8. The number of rotatable bonds is 6. The van der Waals surface area contributed by atoms with Crippen LogP contribution in [-0.4, -0.2) is 25.2 Å². The fraction of sp³-hybridized carbons (Fsp3) is 0.238. The Bertz CT molecular complexity index is 973. The zero-order chi connectivity index (χ0) is 21.1. The van der Waals surface area contributed by atoms with E-state index in [1.54, 1.807) is 36.4 Å². The molecule has 2 aromatic carbocycles. The Labute approximate surface area is 179 Å². The molecule has 0 aliphatic carbocycles. The minimum absolute atomic E-state index is 0.0331. The molecule has 8 heteroatoms. The van der Waals surface area contributed by atoms with Gasteiger partial charge in [-0.1, -0.05) is 30.1 Å². The molecule has 2 aromatic rings. The molecule has 3 amide bonds. The lowest BCUT2D eigenvalue weighted by molar-refractivity contribution is -0.113. The highest BCUT2D eigenvalue weighted by Gasteiger charge is 2.34. The number of benzene rings is 2. The normalized spacial score (nSPS) is 16.2. The number of nitrogens with zero attached hydrogens (tertiary/aromatic N) is 1. The van der Waals surface area contributed by atoms with Crippen molar-refractivity contribution in [1.82, 2.24) is 5.32 Å². The zero-order valence-electron chi connectivity index (χ0n) is 16.2. The van der Waals surface area contributed by atoms with Crippen LogP contribution in [0.25, 0.3) is 6.08 Å². The van der Waals surface area contributed by atoms with Gasteiger partial charge < -0.3 is 14.8 Å². The largest absolute Gasteiger partial charge is 0.493 e. The minimum Gasteiger partial charge on any atom is -0.493 e. The van der Waals surface area contributed by atoms with Gasteiger partial charge in [0.25, 0.3) is 5.91 Å². The van der Waals surface area contributed by atoms with Gasteiger partial charge in [0.15, 0.2) is 11.5 Å². The van der Waals surface area contributed by atoms with Gasteiger partial charge >= 0.3 is 6.03 Å². The van der Waals surface area contributed by atoms with Gasteiger partial charge in [0, 0.05) is 5.02 Å². The van der Waals surface area contributed by atoms with Crippen LogP contribution in [0.15, 0.2) is 42.1 Å². The first kappa shape index (κ1) is 21.0. The molecule has 1 heterocycles. The summed E-state index contributed by atoms with van der Waals surface area (Å²) in [7, 11) is 1.51. The minimum atomic E-state index is -0.543. The van der Waals surface area contributed by atoms with Crippen molar-refractivity contribution in [2.24, 2.45) is 0 Å². The SMILES string of the molecule is CC[C@@H](C)Oc1c(Cl)cc(/C=C2/NC(=O)N(c3ccc(Cl)cc3)C2=O)cc1OC. The Hall–Kier alpha value is -2.70. The van der Waals surface area contributed by atoms with Crippen molar-refractivity contribution in [1.29, 1.82) is 0 Å². The van der Waals surface area contributed by atoms with E-state index < -0.39 is 11.9 Å². The number of nitrogens with one attached hydrogen (secondary N) is 1. The van der Waals surface area contributed by atoms with Crippen LogP contribution in [0.5, 0.6) is 11.5 Å². The average molecular weight is 435 g/mol. The highest BCUT2D eigenvalue weighted by atomic mass is 35.5. The number of anilines is 1. The van der Waals surface area contributed by atoms with Crippen LogP contribution in [0.1, 0.15) is 25.8 Å². The van der Waals surface area contributed by atoms with Crippen molar-refractivity contribution in [2.45, 2.75) is 26.4 Å².